The third-order valence-electron chi connectivity index (χ3n) is 8.83. The molecule has 0 spiro atoms. The Kier molecular flexibility index (Phi) is 16.1. The number of unbranched alkanes of at least 4 members (excludes halogenated alkanes) is 4. The third kappa shape index (κ3) is 11.3. The van der Waals surface area contributed by atoms with Gasteiger partial charge in [-0.2, -0.15) is 0 Å². The van der Waals surface area contributed by atoms with Crippen molar-refractivity contribution in [2.24, 2.45) is 0 Å². The quantitative estimate of drug-likeness (QED) is 0.0956. The van der Waals surface area contributed by atoms with Crippen LogP contribution in [0, 0.1) is 0 Å². The molecule has 1 fully saturated rings. The fourth-order valence-electron chi connectivity index (χ4n) is 6.10. The van der Waals surface area contributed by atoms with E-state index in [1.54, 1.807) is 13.2 Å². The summed E-state index contributed by atoms with van der Waals surface area (Å²) in [6.07, 6.45) is 1.22. The Balaban J connectivity index is 1.84. The van der Waals surface area contributed by atoms with Crippen LogP contribution in [0.3, 0.4) is 0 Å². The highest BCUT2D eigenvalue weighted by Crippen LogP contribution is 2.47. The van der Waals surface area contributed by atoms with Crippen molar-refractivity contribution in [3.05, 3.63) is 58.5 Å². The monoisotopic (exact) mass is 724 g/mol. The summed E-state index contributed by atoms with van der Waals surface area (Å²) in [4.78, 5) is 0.896. The topological polar surface area (TPSA) is 64.6 Å². The van der Waals surface area contributed by atoms with Crippen LogP contribution in [0.2, 0.25) is 0 Å². The summed E-state index contributed by atoms with van der Waals surface area (Å²) in [5.74, 6) is -1.54. The summed E-state index contributed by atoms with van der Waals surface area (Å²) in [7, 11) is 1.55. The lowest BCUT2D eigenvalue weighted by Crippen LogP contribution is -2.57. The average molecular weight is 725 g/mol. The van der Waals surface area contributed by atoms with Crippen molar-refractivity contribution in [1.82, 2.24) is 0 Å². The van der Waals surface area contributed by atoms with E-state index >= 15 is 0 Å². The van der Waals surface area contributed by atoms with Crippen LogP contribution in [-0.4, -0.2) is 64.8 Å². The number of methoxy groups -OCH3 is 1. The van der Waals surface area contributed by atoms with Crippen LogP contribution < -0.4 is 9.47 Å². The molecule has 4 atom stereocenters. The van der Waals surface area contributed by atoms with Crippen LogP contribution in [0.5, 0.6) is 11.5 Å². The van der Waals surface area contributed by atoms with Gasteiger partial charge in [-0.3, -0.25) is 0 Å². The maximum absolute atomic E-state index is 13.9. The number of ether oxygens (including phenoxy) is 7. The van der Waals surface area contributed by atoms with Gasteiger partial charge in [-0.05, 0) is 49.3 Å². The van der Waals surface area contributed by atoms with Crippen molar-refractivity contribution >= 4 is 21.4 Å². The fourth-order valence-corrected chi connectivity index (χ4v) is 7.19. The molecule has 1 saturated heterocycles. The molecule has 1 unspecified atom stereocenters. The van der Waals surface area contributed by atoms with Gasteiger partial charge in [0.25, 0.3) is 0 Å². The molecule has 0 radical (unpaired) electrons. The minimum Gasteiger partial charge on any atom is -0.493 e. The van der Waals surface area contributed by atoms with Crippen molar-refractivity contribution in [1.29, 1.82) is 0 Å². The average Bonchev–Trinajstić information content (AvgIpc) is 3.50. The lowest BCUT2D eigenvalue weighted by Gasteiger charge is -2.48. The predicted molar refractivity (Wildman–Crippen MR) is 191 cm³/mol. The van der Waals surface area contributed by atoms with E-state index in [4.69, 9.17) is 28.4 Å². The molecule has 0 N–H and O–H groups in total. The second-order valence-corrected chi connectivity index (χ2v) is 14.0. The number of rotatable bonds is 22. The Morgan fingerprint density at radius 3 is 2.20 bits per heavy atom. The van der Waals surface area contributed by atoms with Crippen LogP contribution >= 0.6 is 11.3 Å². The maximum Gasteiger partial charge on any atom is 0.573 e. The van der Waals surface area contributed by atoms with Crippen LogP contribution in [-0.2, 0) is 35.9 Å². The minimum atomic E-state index is -4.90. The number of thiophene rings is 1. The maximum atomic E-state index is 13.9. The van der Waals surface area contributed by atoms with Crippen molar-refractivity contribution < 1.29 is 46.3 Å². The van der Waals surface area contributed by atoms with Gasteiger partial charge in [-0.15, -0.1) is 24.5 Å². The zero-order chi connectivity index (χ0) is 36.0. The Morgan fingerprint density at radius 2 is 1.52 bits per heavy atom. The summed E-state index contributed by atoms with van der Waals surface area (Å²) in [6.45, 7) is 10.5. The molecule has 1 aliphatic rings. The number of hydrogen-bond acceptors (Lipinski definition) is 8. The van der Waals surface area contributed by atoms with Gasteiger partial charge < -0.3 is 33.2 Å². The standard InChI is InChI=1S/C39H55F3O7S/c1-6-10-18-44-27-35-37(47-21-13-9-4)34(46-20-12-8-3)26-38(43-5,48-35)31-24-29(23-30-22-28-16-14-15-17-36(28)50-30)32(49-39(40,41)42)25-33(31)45-19-11-7-2/h14-17,22,24-25,34-35,37H,6-13,18-21,23,26-27H2,1-5H3/t34-,35-,37+,38?/m1/s1. The number of hydrogen-bond donors (Lipinski definition) is 0. The highest BCUT2D eigenvalue weighted by molar-refractivity contribution is 7.19. The van der Waals surface area contributed by atoms with Gasteiger partial charge in [0.2, 0.25) is 5.79 Å². The number of halogens is 3. The van der Waals surface area contributed by atoms with E-state index in [1.165, 1.54) is 17.4 Å². The summed E-state index contributed by atoms with van der Waals surface area (Å²) >= 11 is 1.54. The molecule has 1 aliphatic heterocycles. The molecule has 0 aliphatic carbocycles. The Morgan fingerprint density at radius 1 is 0.840 bits per heavy atom. The van der Waals surface area contributed by atoms with E-state index < -0.39 is 30.5 Å². The lowest BCUT2D eigenvalue weighted by atomic mass is 9.88. The Labute approximate surface area is 299 Å². The van der Waals surface area contributed by atoms with Crippen molar-refractivity contribution in [3.63, 3.8) is 0 Å². The molecule has 3 aromatic rings. The van der Waals surface area contributed by atoms with Crippen LogP contribution in [0.1, 0.15) is 101 Å². The first-order chi connectivity index (χ1) is 24.2. The second kappa shape index (κ2) is 20.0. The predicted octanol–water partition coefficient (Wildman–Crippen LogP) is 10.3. The SMILES string of the molecule is CCCCOC[C@H]1OC(OC)(c2cc(Cc3cc4ccccc4s3)c(OC(F)(F)F)cc2OCCCC)C[C@@H](OCCCC)[C@@H]1OCCCC. The third-order valence-corrected chi connectivity index (χ3v) is 9.95. The molecule has 11 heteroatoms. The molecule has 280 valence electrons. The molecule has 1 aromatic heterocycles. The van der Waals surface area contributed by atoms with Crippen molar-refractivity contribution in [3.8, 4) is 11.5 Å². The number of alkyl halides is 3. The van der Waals surface area contributed by atoms with E-state index in [0.717, 1.165) is 59.9 Å². The highest BCUT2D eigenvalue weighted by Gasteiger charge is 2.51. The largest absolute Gasteiger partial charge is 0.573 e. The molecule has 0 amide bonds. The van der Waals surface area contributed by atoms with Crippen molar-refractivity contribution in [2.75, 3.05) is 40.1 Å². The normalized spacial score (nSPS) is 21.2. The van der Waals surface area contributed by atoms with Gasteiger partial charge in [0.15, 0.2) is 0 Å². The van der Waals surface area contributed by atoms with Crippen LogP contribution in [0.15, 0.2) is 42.5 Å². The smallest absolute Gasteiger partial charge is 0.493 e. The van der Waals surface area contributed by atoms with E-state index in [0.29, 0.717) is 44.0 Å². The van der Waals surface area contributed by atoms with Crippen molar-refractivity contribution in [2.45, 2.75) is 122 Å². The van der Waals surface area contributed by atoms with Gasteiger partial charge in [-0.25, -0.2) is 0 Å². The molecule has 50 heavy (non-hydrogen) atoms. The van der Waals surface area contributed by atoms with E-state index in [1.807, 2.05) is 37.3 Å². The van der Waals surface area contributed by atoms with E-state index in [9.17, 15) is 13.2 Å². The summed E-state index contributed by atoms with van der Waals surface area (Å²) in [5.41, 5.74) is 0.823. The molecule has 2 heterocycles. The number of fused-ring (bicyclic) bond motifs is 1. The van der Waals surface area contributed by atoms with Gasteiger partial charge in [0, 0.05) is 61.0 Å². The molecular formula is C39H55F3O7S. The summed E-state index contributed by atoms with van der Waals surface area (Å²) in [5, 5.41) is 1.03. The van der Waals surface area contributed by atoms with Gasteiger partial charge in [0.1, 0.15) is 23.7 Å². The minimum absolute atomic E-state index is 0.204. The first kappa shape index (κ1) is 40.4. The van der Waals surface area contributed by atoms with Gasteiger partial charge >= 0.3 is 6.36 Å². The zero-order valence-electron chi connectivity index (χ0n) is 30.3. The molecule has 4 rings (SSSR count). The molecule has 7 nitrogen and oxygen atoms in total. The lowest BCUT2D eigenvalue weighted by molar-refractivity contribution is -0.335. The summed E-state index contributed by atoms with van der Waals surface area (Å²) < 4.78 is 86.0. The first-order valence-corrected chi connectivity index (χ1v) is 19.1. The van der Waals surface area contributed by atoms with E-state index in [2.05, 4.69) is 25.5 Å². The van der Waals surface area contributed by atoms with Gasteiger partial charge in [-0.1, -0.05) is 71.6 Å². The molecule has 2 aromatic carbocycles. The Hall–Kier alpha value is -2.41. The first-order valence-electron chi connectivity index (χ1n) is 18.2. The van der Waals surface area contributed by atoms with Gasteiger partial charge in [0.05, 0.1) is 24.9 Å². The second-order valence-electron chi connectivity index (χ2n) is 12.8. The molecule has 0 saturated carbocycles. The molecule has 0 bridgehead atoms. The van der Waals surface area contributed by atoms with Crippen LogP contribution in [0.25, 0.3) is 10.1 Å². The zero-order valence-corrected chi connectivity index (χ0v) is 31.1. The fraction of sp³-hybridized carbons (Fsp3) is 0.641. The number of benzene rings is 2. The van der Waals surface area contributed by atoms with E-state index in [-0.39, 0.29) is 30.9 Å². The summed E-state index contributed by atoms with van der Waals surface area (Å²) in [6, 6.07) is 12.9. The van der Waals surface area contributed by atoms with Crippen LogP contribution in [0.4, 0.5) is 13.2 Å². The Bertz CT molecular complexity index is 1400. The highest BCUT2D eigenvalue weighted by atomic mass is 32.1. The molecular weight excluding hydrogens is 669 g/mol.